The molecule has 3 aromatic rings. The average molecular weight is 466 g/mol. The molecule has 2 fully saturated rings. The van der Waals surface area contributed by atoms with Crippen LogP contribution in [-0.2, 0) is 10.2 Å². The second-order valence-electron chi connectivity index (χ2n) is 9.19. The van der Waals surface area contributed by atoms with Crippen molar-refractivity contribution in [2.45, 2.75) is 49.5 Å². The molecule has 2 unspecified atom stereocenters. The predicted molar refractivity (Wildman–Crippen MR) is 124 cm³/mol. The van der Waals surface area contributed by atoms with Crippen LogP contribution in [0.15, 0.2) is 52.6 Å². The van der Waals surface area contributed by atoms with Crippen LogP contribution in [0.5, 0.6) is 0 Å². The Morgan fingerprint density at radius 3 is 2.76 bits per heavy atom. The summed E-state index contributed by atoms with van der Waals surface area (Å²) in [5.74, 6) is -2.93. The number of hydrogen-bond acceptors (Lipinski definition) is 7. The topological polar surface area (TPSA) is 116 Å². The van der Waals surface area contributed by atoms with E-state index >= 15 is 0 Å². The van der Waals surface area contributed by atoms with E-state index in [1.165, 1.54) is 6.07 Å². The molecule has 6 rings (SSSR count). The van der Waals surface area contributed by atoms with E-state index in [-0.39, 0.29) is 17.8 Å². The Kier molecular flexibility index (Phi) is 4.72. The fourth-order valence-corrected chi connectivity index (χ4v) is 5.09. The SMILES string of the molecule is NC1=NC(c2ccc3cnn(C4CCCCO4)c3c2)=NC(N)(C2(c3cccc(F)c3F)CC2)N1. The Labute approximate surface area is 194 Å². The van der Waals surface area contributed by atoms with Gasteiger partial charge in [-0.1, -0.05) is 24.3 Å². The van der Waals surface area contributed by atoms with E-state index < -0.39 is 22.8 Å². The summed E-state index contributed by atoms with van der Waals surface area (Å²) in [4.78, 5) is 9.10. The summed E-state index contributed by atoms with van der Waals surface area (Å²) in [5.41, 5.74) is 13.7. The summed E-state index contributed by atoms with van der Waals surface area (Å²) in [6.45, 7) is 0.708. The van der Waals surface area contributed by atoms with Gasteiger partial charge in [-0.2, -0.15) is 10.1 Å². The van der Waals surface area contributed by atoms with Crippen molar-refractivity contribution in [3.05, 3.63) is 65.4 Å². The first-order valence-corrected chi connectivity index (χ1v) is 11.5. The first-order chi connectivity index (χ1) is 16.4. The lowest BCUT2D eigenvalue weighted by atomic mass is 9.87. The summed E-state index contributed by atoms with van der Waals surface area (Å²) in [7, 11) is 0. The van der Waals surface area contributed by atoms with Crippen LogP contribution < -0.4 is 16.8 Å². The summed E-state index contributed by atoms with van der Waals surface area (Å²) < 4.78 is 36.6. The van der Waals surface area contributed by atoms with Crippen molar-refractivity contribution in [1.29, 1.82) is 0 Å². The molecule has 8 nitrogen and oxygen atoms in total. The van der Waals surface area contributed by atoms with Gasteiger partial charge in [-0.05, 0) is 44.2 Å². The number of guanidine groups is 1. The molecule has 5 N–H and O–H groups in total. The first kappa shape index (κ1) is 21.2. The molecule has 0 radical (unpaired) electrons. The van der Waals surface area contributed by atoms with E-state index in [4.69, 9.17) is 21.2 Å². The number of aliphatic imine (C=N–C) groups is 2. The van der Waals surface area contributed by atoms with Gasteiger partial charge in [0.05, 0.1) is 17.1 Å². The largest absolute Gasteiger partial charge is 0.370 e. The lowest BCUT2D eigenvalue weighted by molar-refractivity contribution is -0.0366. The van der Waals surface area contributed by atoms with E-state index in [0.29, 0.717) is 30.8 Å². The molecule has 1 aliphatic carbocycles. The number of hydrogen-bond donors (Lipinski definition) is 3. The van der Waals surface area contributed by atoms with Crippen molar-refractivity contribution in [2.75, 3.05) is 6.61 Å². The third-order valence-electron chi connectivity index (χ3n) is 7.06. The number of nitrogens with zero attached hydrogens (tertiary/aromatic N) is 4. The van der Waals surface area contributed by atoms with E-state index in [0.717, 1.165) is 36.2 Å². The quantitative estimate of drug-likeness (QED) is 0.548. The number of aromatic nitrogens is 2. The number of amidine groups is 1. The molecule has 34 heavy (non-hydrogen) atoms. The van der Waals surface area contributed by atoms with Crippen LogP contribution >= 0.6 is 0 Å². The van der Waals surface area contributed by atoms with Crippen LogP contribution in [0.4, 0.5) is 8.78 Å². The van der Waals surface area contributed by atoms with Crippen molar-refractivity contribution in [3.63, 3.8) is 0 Å². The maximum atomic E-state index is 14.7. The summed E-state index contributed by atoms with van der Waals surface area (Å²) >= 11 is 0. The van der Waals surface area contributed by atoms with Gasteiger partial charge in [-0.3, -0.25) is 5.73 Å². The van der Waals surface area contributed by atoms with Gasteiger partial charge in [0.2, 0.25) is 0 Å². The van der Waals surface area contributed by atoms with Gasteiger partial charge in [0.1, 0.15) is 0 Å². The average Bonchev–Trinajstić information content (AvgIpc) is 3.54. The number of nitrogens with two attached hydrogens (primary N) is 2. The normalized spacial score (nSPS) is 26.0. The Hall–Kier alpha value is -3.37. The molecule has 2 aliphatic heterocycles. The third kappa shape index (κ3) is 3.20. The highest BCUT2D eigenvalue weighted by molar-refractivity contribution is 6.09. The second kappa shape index (κ2) is 7.57. The van der Waals surface area contributed by atoms with Crippen LogP contribution in [0.3, 0.4) is 0 Å². The number of halogens is 2. The van der Waals surface area contributed by atoms with Crippen LogP contribution in [0.1, 0.15) is 49.5 Å². The maximum Gasteiger partial charge on any atom is 0.198 e. The highest BCUT2D eigenvalue weighted by Gasteiger charge is 2.62. The molecule has 2 atom stereocenters. The Bertz CT molecular complexity index is 1340. The van der Waals surface area contributed by atoms with Gasteiger partial charge in [0, 0.05) is 23.1 Å². The van der Waals surface area contributed by atoms with Crippen molar-refractivity contribution >= 4 is 22.7 Å². The Balaban J connectivity index is 1.42. The maximum absolute atomic E-state index is 14.7. The zero-order chi connectivity index (χ0) is 23.5. The van der Waals surface area contributed by atoms with Crippen molar-refractivity contribution in [3.8, 4) is 0 Å². The minimum Gasteiger partial charge on any atom is -0.370 e. The monoisotopic (exact) mass is 465 g/mol. The molecule has 3 heterocycles. The number of fused-ring (bicyclic) bond motifs is 1. The lowest BCUT2D eigenvalue weighted by Crippen LogP contribution is -2.66. The van der Waals surface area contributed by atoms with Crippen LogP contribution in [0, 0.1) is 11.6 Å². The Morgan fingerprint density at radius 2 is 2.00 bits per heavy atom. The third-order valence-corrected chi connectivity index (χ3v) is 7.06. The molecular formula is C24H25F2N7O. The minimum absolute atomic E-state index is 0.0693. The molecule has 176 valence electrons. The van der Waals surface area contributed by atoms with Crippen molar-refractivity contribution in [2.24, 2.45) is 21.5 Å². The number of benzene rings is 2. The van der Waals surface area contributed by atoms with Gasteiger partial charge in [-0.25, -0.2) is 18.5 Å². The molecular weight excluding hydrogens is 440 g/mol. The predicted octanol–water partition coefficient (Wildman–Crippen LogP) is 3.02. The molecule has 0 spiro atoms. The summed E-state index contributed by atoms with van der Waals surface area (Å²) in [5, 5.41) is 8.42. The Morgan fingerprint density at radius 1 is 1.15 bits per heavy atom. The van der Waals surface area contributed by atoms with Gasteiger partial charge >= 0.3 is 0 Å². The van der Waals surface area contributed by atoms with E-state index in [9.17, 15) is 8.78 Å². The van der Waals surface area contributed by atoms with Crippen LogP contribution in [0.25, 0.3) is 10.9 Å². The highest BCUT2D eigenvalue weighted by Crippen LogP contribution is 2.55. The number of rotatable bonds is 4. The molecule has 10 heteroatoms. The summed E-state index contributed by atoms with van der Waals surface area (Å²) in [6, 6.07) is 9.86. The van der Waals surface area contributed by atoms with Gasteiger partial charge in [-0.15, -0.1) is 0 Å². The lowest BCUT2D eigenvalue weighted by Gasteiger charge is -2.38. The van der Waals surface area contributed by atoms with Gasteiger partial charge in [0.15, 0.2) is 35.4 Å². The number of nitrogens with one attached hydrogen (secondary N) is 1. The standard InChI is InChI=1S/C24H25F2N7O/c25-17-5-3-4-16(20(17)26)23(9-10-23)24(28)31-21(30-22(27)32-24)14-7-8-15-13-29-33(18(15)12-14)19-6-1-2-11-34-19/h3-5,7-8,12-13,19H,1-2,6,9-11,28H2,(H3,27,30,31,32). The number of ether oxygens (including phenoxy) is 1. The zero-order valence-corrected chi connectivity index (χ0v) is 18.5. The van der Waals surface area contributed by atoms with E-state index in [1.54, 1.807) is 12.3 Å². The van der Waals surface area contributed by atoms with Crippen LogP contribution in [-0.4, -0.2) is 34.0 Å². The van der Waals surface area contributed by atoms with Crippen molar-refractivity contribution in [1.82, 2.24) is 15.1 Å². The second-order valence-corrected chi connectivity index (χ2v) is 9.19. The van der Waals surface area contributed by atoms with E-state index in [1.807, 2.05) is 22.9 Å². The molecule has 2 aromatic carbocycles. The van der Waals surface area contributed by atoms with E-state index in [2.05, 4.69) is 15.4 Å². The zero-order valence-electron chi connectivity index (χ0n) is 18.5. The molecule has 1 saturated heterocycles. The highest BCUT2D eigenvalue weighted by atomic mass is 19.2. The van der Waals surface area contributed by atoms with Crippen LogP contribution in [0.2, 0.25) is 0 Å². The summed E-state index contributed by atoms with van der Waals surface area (Å²) in [6.07, 6.45) is 5.77. The smallest absolute Gasteiger partial charge is 0.198 e. The van der Waals surface area contributed by atoms with Gasteiger partial charge in [0.25, 0.3) is 0 Å². The van der Waals surface area contributed by atoms with Crippen molar-refractivity contribution < 1.29 is 13.5 Å². The first-order valence-electron chi connectivity index (χ1n) is 11.5. The molecule has 0 amide bonds. The molecule has 0 bridgehead atoms. The fourth-order valence-electron chi connectivity index (χ4n) is 5.09. The molecule has 3 aliphatic rings. The fraction of sp³-hybridized carbons (Fsp3) is 0.375. The van der Waals surface area contributed by atoms with Gasteiger partial charge < -0.3 is 15.8 Å². The molecule has 1 aromatic heterocycles. The minimum atomic E-state index is -1.48. The molecule has 1 saturated carbocycles.